The summed E-state index contributed by atoms with van der Waals surface area (Å²) in [6, 6.07) is 6.13. The van der Waals surface area contributed by atoms with Crippen molar-refractivity contribution in [1.29, 1.82) is 0 Å². The molecule has 0 aliphatic carbocycles. The predicted molar refractivity (Wildman–Crippen MR) is 71.5 cm³/mol. The minimum atomic E-state index is -0.833. The van der Waals surface area contributed by atoms with Crippen molar-refractivity contribution in [1.82, 2.24) is 14.8 Å². The molecule has 0 saturated carbocycles. The molecule has 5 heteroatoms. The van der Waals surface area contributed by atoms with Crippen LogP contribution in [0.15, 0.2) is 18.2 Å². The minimum absolute atomic E-state index is 0.0519. The lowest BCUT2D eigenvalue weighted by Crippen LogP contribution is -2.03. The van der Waals surface area contributed by atoms with Gasteiger partial charge in [-0.25, -0.2) is 9.67 Å². The van der Waals surface area contributed by atoms with E-state index < -0.39 is 5.97 Å². The van der Waals surface area contributed by atoms with Crippen molar-refractivity contribution in [3.63, 3.8) is 0 Å². The lowest BCUT2D eigenvalue weighted by molar-refractivity contribution is -0.137. The van der Waals surface area contributed by atoms with E-state index >= 15 is 0 Å². The molecule has 0 atom stereocenters. The molecule has 2 aromatic rings. The number of nitrogens with zero attached hydrogens (tertiary/aromatic N) is 3. The number of hydrogen-bond donors (Lipinski definition) is 1. The molecule has 0 saturated heterocycles. The summed E-state index contributed by atoms with van der Waals surface area (Å²) in [6.45, 7) is 5.94. The molecule has 5 nitrogen and oxygen atoms in total. The second kappa shape index (κ2) is 5.22. The van der Waals surface area contributed by atoms with E-state index in [0.717, 1.165) is 17.1 Å². The second-order valence-corrected chi connectivity index (χ2v) is 4.67. The average molecular weight is 259 g/mol. The lowest BCUT2D eigenvalue weighted by atomic mass is 10.1. The van der Waals surface area contributed by atoms with Crippen molar-refractivity contribution < 1.29 is 9.90 Å². The number of aromatic nitrogens is 3. The van der Waals surface area contributed by atoms with Gasteiger partial charge in [0.2, 0.25) is 0 Å². The fraction of sp³-hybridized carbons (Fsp3) is 0.357. The quantitative estimate of drug-likeness (QED) is 0.914. The predicted octanol–water partition coefficient (Wildman–Crippen LogP) is 2.21. The Morgan fingerprint density at radius 3 is 2.68 bits per heavy atom. The second-order valence-electron chi connectivity index (χ2n) is 4.67. The molecule has 0 unspecified atom stereocenters. The first-order chi connectivity index (χ1) is 8.97. The molecule has 0 radical (unpaired) electrons. The summed E-state index contributed by atoms with van der Waals surface area (Å²) in [7, 11) is 0. The monoisotopic (exact) mass is 259 g/mol. The molecular weight excluding hydrogens is 242 g/mol. The molecule has 1 heterocycles. The molecule has 100 valence electrons. The Hall–Kier alpha value is -2.17. The smallest absolute Gasteiger partial charge is 0.303 e. The molecule has 1 aromatic heterocycles. The molecular formula is C14H17N3O2. The van der Waals surface area contributed by atoms with Crippen LogP contribution in [0, 0.1) is 20.8 Å². The first-order valence-electron chi connectivity index (χ1n) is 6.19. The maximum Gasteiger partial charge on any atom is 0.303 e. The summed E-state index contributed by atoms with van der Waals surface area (Å²) in [5.74, 6) is 0.507. The highest BCUT2D eigenvalue weighted by molar-refractivity contribution is 5.66. The van der Waals surface area contributed by atoms with Crippen LogP contribution >= 0.6 is 0 Å². The zero-order valence-corrected chi connectivity index (χ0v) is 11.3. The Labute approximate surface area is 111 Å². The lowest BCUT2D eigenvalue weighted by Gasteiger charge is -2.07. The van der Waals surface area contributed by atoms with Crippen molar-refractivity contribution >= 4 is 5.97 Å². The van der Waals surface area contributed by atoms with Crippen molar-refractivity contribution in [2.24, 2.45) is 0 Å². The van der Waals surface area contributed by atoms with Crippen LogP contribution in [0.25, 0.3) is 5.69 Å². The van der Waals surface area contributed by atoms with Gasteiger partial charge >= 0.3 is 5.97 Å². The van der Waals surface area contributed by atoms with E-state index in [1.807, 2.05) is 32.9 Å². The number of rotatable bonds is 4. The SMILES string of the molecule is Cc1ccc(-n2nc(CCC(=O)O)nc2C)c(C)c1. The third-order valence-corrected chi connectivity index (χ3v) is 2.96. The number of aliphatic carboxylic acids is 1. The Morgan fingerprint density at radius 1 is 1.32 bits per heavy atom. The number of aryl methyl sites for hydroxylation is 4. The van der Waals surface area contributed by atoms with Gasteiger partial charge in [0.15, 0.2) is 5.82 Å². The van der Waals surface area contributed by atoms with E-state index in [0.29, 0.717) is 12.2 Å². The first-order valence-corrected chi connectivity index (χ1v) is 6.19. The molecule has 1 aromatic carbocycles. The molecule has 0 aliphatic rings. The first kappa shape index (κ1) is 13.3. The van der Waals surface area contributed by atoms with Crippen molar-refractivity contribution in [2.75, 3.05) is 0 Å². The molecule has 2 rings (SSSR count). The molecule has 1 N–H and O–H groups in total. The topological polar surface area (TPSA) is 68.0 Å². The molecule has 0 amide bonds. The largest absolute Gasteiger partial charge is 0.481 e. The molecule has 0 aliphatic heterocycles. The van der Waals surface area contributed by atoms with Crippen molar-refractivity contribution in [3.8, 4) is 5.69 Å². The number of carboxylic acids is 1. The minimum Gasteiger partial charge on any atom is -0.481 e. The van der Waals surface area contributed by atoms with Gasteiger partial charge in [0, 0.05) is 6.42 Å². The van der Waals surface area contributed by atoms with Crippen LogP contribution in [0.4, 0.5) is 0 Å². The van der Waals surface area contributed by atoms with Gasteiger partial charge in [-0.05, 0) is 32.4 Å². The Kier molecular flexibility index (Phi) is 3.64. The Balaban J connectivity index is 2.32. The van der Waals surface area contributed by atoms with Gasteiger partial charge in [0.1, 0.15) is 5.82 Å². The normalized spacial score (nSPS) is 10.7. The summed E-state index contributed by atoms with van der Waals surface area (Å²) < 4.78 is 1.77. The van der Waals surface area contributed by atoms with Gasteiger partial charge < -0.3 is 5.11 Å². The number of carbonyl (C=O) groups is 1. The van der Waals surface area contributed by atoms with E-state index in [9.17, 15) is 4.79 Å². The summed E-state index contributed by atoms with van der Waals surface area (Å²) in [5.41, 5.74) is 3.31. The van der Waals surface area contributed by atoms with E-state index in [1.54, 1.807) is 4.68 Å². The van der Waals surface area contributed by atoms with E-state index in [4.69, 9.17) is 5.11 Å². The van der Waals surface area contributed by atoms with Gasteiger partial charge in [-0.2, -0.15) is 5.10 Å². The zero-order valence-electron chi connectivity index (χ0n) is 11.3. The molecule has 0 spiro atoms. The van der Waals surface area contributed by atoms with Crippen LogP contribution in [-0.2, 0) is 11.2 Å². The zero-order chi connectivity index (χ0) is 14.0. The Bertz CT molecular complexity index is 617. The maximum absolute atomic E-state index is 10.6. The molecule has 0 bridgehead atoms. The van der Waals surface area contributed by atoms with Crippen LogP contribution in [0.1, 0.15) is 29.2 Å². The van der Waals surface area contributed by atoms with Gasteiger partial charge in [0.25, 0.3) is 0 Å². The van der Waals surface area contributed by atoms with Crippen LogP contribution in [0.2, 0.25) is 0 Å². The van der Waals surface area contributed by atoms with E-state index in [-0.39, 0.29) is 6.42 Å². The van der Waals surface area contributed by atoms with Crippen molar-refractivity contribution in [3.05, 3.63) is 41.0 Å². The third kappa shape index (κ3) is 2.99. The van der Waals surface area contributed by atoms with Crippen LogP contribution in [-0.4, -0.2) is 25.8 Å². The maximum atomic E-state index is 10.6. The summed E-state index contributed by atoms with van der Waals surface area (Å²) >= 11 is 0. The fourth-order valence-electron chi connectivity index (χ4n) is 2.04. The summed E-state index contributed by atoms with van der Waals surface area (Å²) in [5, 5.41) is 13.1. The van der Waals surface area contributed by atoms with Gasteiger partial charge in [-0.15, -0.1) is 0 Å². The van der Waals surface area contributed by atoms with Gasteiger partial charge in [-0.3, -0.25) is 4.79 Å². The van der Waals surface area contributed by atoms with Gasteiger partial charge in [0.05, 0.1) is 12.1 Å². The fourth-order valence-corrected chi connectivity index (χ4v) is 2.04. The third-order valence-electron chi connectivity index (χ3n) is 2.96. The highest BCUT2D eigenvalue weighted by Crippen LogP contribution is 2.16. The Morgan fingerprint density at radius 2 is 2.05 bits per heavy atom. The molecule has 19 heavy (non-hydrogen) atoms. The number of benzene rings is 1. The van der Waals surface area contributed by atoms with Crippen LogP contribution < -0.4 is 0 Å². The van der Waals surface area contributed by atoms with Gasteiger partial charge in [-0.1, -0.05) is 17.7 Å². The highest BCUT2D eigenvalue weighted by atomic mass is 16.4. The van der Waals surface area contributed by atoms with Crippen molar-refractivity contribution in [2.45, 2.75) is 33.6 Å². The van der Waals surface area contributed by atoms with Crippen LogP contribution in [0.5, 0.6) is 0 Å². The van der Waals surface area contributed by atoms with E-state index in [1.165, 1.54) is 5.56 Å². The highest BCUT2D eigenvalue weighted by Gasteiger charge is 2.11. The number of hydrogen-bond acceptors (Lipinski definition) is 3. The summed E-state index contributed by atoms with van der Waals surface area (Å²) in [6.07, 6.45) is 0.407. The standard InChI is InChI=1S/C14H17N3O2/c1-9-4-5-12(10(2)8-9)17-11(3)15-13(16-17)6-7-14(18)19/h4-5,8H,6-7H2,1-3H3,(H,18,19). The van der Waals surface area contributed by atoms with Crippen LogP contribution in [0.3, 0.4) is 0 Å². The molecule has 0 fully saturated rings. The average Bonchev–Trinajstić information content (AvgIpc) is 2.68. The number of carboxylic acid groups (broad SMARTS) is 1. The van der Waals surface area contributed by atoms with E-state index in [2.05, 4.69) is 16.1 Å². The summed E-state index contributed by atoms with van der Waals surface area (Å²) in [4.78, 5) is 14.9.